The topological polar surface area (TPSA) is 46.1 Å². The van der Waals surface area contributed by atoms with Crippen LogP contribution in [0.1, 0.15) is 16.1 Å². The number of halogens is 3. The lowest BCUT2D eigenvalue weighted by Gasteiger charge is -2.23. The van der Waals surface area contributed by atoms with Crippen molar-refractivity contribution in [2.24, 2.45) is 0 Å². The summed E-state index contributed by atoms with van der Waals surface area (Å²) in [6.45, 7) is 0.0160. The maximum Gasteiger partial charge on any atom is 0.258 e. The number of amides is 1. The van der Waals surface area contributed by atoms with E-state index in [4.69, 9.17) is 11.6 Å². The molecule has 0 saturated heterocycles. The van der Waals surface area contributed by atoms with Gasteiger partial charge in [-0.1, -0.05) is 17.7 Å². The molecule has 0 aliphatic rings. The third-order valence-corrected chi connectivity index (χ3v) is 3.67. The van der Waals surface area contributed by atoms with E-state index in [0.717, 1.165) is 12.1 Å². The van der Waals surface area contributed by atoms with Gasteiger partial charge in [-0.15, -0.1) is 0 Å². The van der Waals surface area contributed by atoms with Crippen LogP contribution >= 0.6 is 11.6 Å². The molecule has 3 rings (SSSR count). The van der Waals surface area contributed by atoms with Crippen molar-refractivity contribution in [1.29, 1.82) is 0 Å². The largest absolute Gasteiger partial charge is 0.299 e. The Morgan fingerprint density at radius 3 is 2.56 bits per heavy atom. The predicted molar refractivity (Wildman–Crippen MR) is 90.4 cm³/mol. The number of anilines is 1. The Labute approximate surface area is 147 Å². The molecule has 7 heteroatoms. The molecule has 2 aromatic heterocycles. The molecule has 3 aromatic rings. The first-order valence-electron chi connectivity index (χ1n) is 7.33. The van der Waals surface area contributed by atoms with Crippen molar-refractivity contribution in [3.05, 3.63) is 89.0 Å². The Morgan fingerprint density at radius 2 is 1.88 bits per heavy atom. The van der Waals surface area contributed by atoms with Crippen molar-refractivity contribution >= 4 is 23.2 Å². The molecule has 0 spiro atoms. The van der Waals surface area contributed by atoms with Crippen molar-refractivity contribution in [2.45, 2.75) is 6.54 Å². The van der Waals surface area contributed by atoms with Gasteiger partial charge >= 0.3 is 0 Å². The summed E-state index contributed by atoms with van der Waals surface area (Å²) in [6, 6.07) is 11.1. The highest BCUT2D eigenvalue weighted by Gasteiger charge is 2.22. The fourth-order valence-electron chi connectivity index (χ4n) is 2.31. The van der Waals surface area contributed by atoms with E-state index in [1.807, 2.05) is 0 Å². The highest BCUT2D eigenvalue weighted by Crippen LogP contribution is 2.24. The molecule has 1 aromatic carbocycles. The number of hydrogen-bond donors (Lipinski definition) is 0. The third-order valence-electron chi connectivity index (χ3n) is 3.47. The zero-order valence-corrected chi connectivity index (χ0v) is 13.6. The van der Waals surface area contributed by atoms with E-state index in [9.17, 15) is 13.6 Å². The lowest BCUT2D eigenvalue weighted by molar-refractivity contribution is 0.0983. The van der Waals surface area contributed by atoms with Gasteiger partial charge in [0.05, 0.1) is 17.9 Å². The highest BCUT2D eigenvalue weighted by atomic mass is 35.5. The molecule has 0 aliphatic heterocycles. The van der Waals surface area contributed by atoms with E-state index in [2.05, 4.69) is 9.97 Å². The smallest absolute Gasteiger partial charge is 0.258 e. The summed E-state index contributed by atoms with van der Waals surface area (Å²) in [5.41, 5.74) is 0.740. The number of rotatable bonds is 4. The van der Waals surface area contributed by atoms with Crippen molar-refractivity contribution in [3.8, 4) is 0 Å². The van der Waals surface area contributed by atoms with Crippen LogP contribution in [0.5, 0.6) is 0 Å². The van der Waals surface area contributed by atoms with Crippen LogP contribution in [0.25, 0.3) is 0 Å². The fraction of sp³-hybridized carbons (Fsp3) is 0.0556. The Bertz CT molecular complexity index is 906. The third kappa shape index (κ3) is 3.97. The monoisotopic (exact) mass is 359 g/mol. The molecule has 0 unspecified atom stereocenters. The summed E-state index contributed by atoms with van der Waals surface area (Å²) < 4.78 is 27.5. The van der Waals surface area contributed by atoms with Crippen LogP contribution in [0, 0.1) is 11.6 Å². The summed E-state index contributed by atoms with van der Waals surface area (Å²) >= 11 is 5.83. The Balaban J connectivity index is 2.03. The van der Waals surface area contributed by atoms with Crippen molar-refractivity contribution in [2.75, 3.05) is 4.90 Å². The van der Waals surface area contributed by atoms with Gasteiger partial charge in [0.1, 0.15) is 16.8 Å². The molecule has 0 radical (unpaired) electrons. The lowest BCUT2D eigenvalue weighted by atomic mass is 10.2. The molecule has 0 saturated carbocycles. The summed E-state index contributed by atoms with van der Waals surface area (Å²) in [7, 11) is 0. The lowest BCUT2D eigenvalue weighted by Crippen LogP contribution is -2.31. The van der Waals surface area contributed by atoms with Gasteiger partial charge in [0.25, 0.3) is 5.91 Å². The van der Waals surface area contributed by atoms with Gasteiger partial charge in [-0.2, -0.15) is 0 Å². The van der Waals surface area contributed by atoms with Crippen LogP contribution < -0.4 is 4.90 Å². The second-order valence-corrected chi connectivity index (χ2v) is 5.56. The van der Waals surface area contributed by atoms with Crippen LogP contribution in [0.2, 0.25) is 5.15 Å². The number of nitrogens with zero attached hydrogens (tertiary/aromatic N) is 3. The minimum Gasteiger partial charge on any atom is -0.299 e. The molecule has 0 bridgehead atoms. The van der Waals surface area contributed by atoms with E-state index in [0.29, 0.717) is 5.69 Å². The first kappa shape index (κ1) is 17.0. The van der Waals surface area contributed by atoms with Crippen LogP contribution in [0.4, 0.5) is 14.5 Å². The van der Waals surface area contributed by atoms with Gasteiger partial charge in [0, 0.05) is 24.0 Å². The van der Waals surface area contributed by atoms with E-state index in [1.165, 1.54) is 29.3 Å². The van der Waals surface area contributed by atoms with Crippen LogP contribution in [-0.4, -0.2) is 15.9 Å². The zero-order chi connectivity index (χ0) is 17.8. The molecule has 2 heterocycles. The Kier molecular flexibility index (Phi) is 5.00. The molecular formula is C18H12ClF2N3O. The minimum absolute atomic E-state index is 0.0160. The van der Waals surface area contributed by atoms with Gasteiger partial charge in [0.2, 0.25) is 0 Å². The summed E-state index contributed by atoms with van der Waals surface area (Å²) in [5.74, 6) is -2.07. The van der Waals surface area contributed by atoms with E-state index < -0.39 is 17.5 Å². The number of pyridine rings is 2. The Morgan fingerprint density at radius 1 is 1.04 bits per heavy atom. The number of benzene rings is 1. The number of aromatic nitrogens is 2. The predicted octanol–water partition coefficient (Wildman–Crippen LogP) is 4.26. The zero-order valence-electron chi connectivity index (χ0n) is 12.9. The first-order chi connectivity index (χ1) is 12.0. The Hall–Kier alpha value is -2.86. The van der Waals surface area contributed by atoms with Gasteiger partial charge in [0.15, 0.2) is 0 Å². The molecule has 25 heavy (non-hydrogen) atoms. The molecule has 0 aliphatic carbocycles. The van der Waals surface area contributed by atoms with Gasteiger partial charge in [-0.05, 0) is 36.4 Å². The second kappa shape index (κ2) is 7.36. The average molecular weight is 360 g/mol. The molecule has 4 nitrogen and oxygen atoms in total. The van der Waals surface area contributed by atoms with Crippen molar-refractivity contribution in [1.82, 2.24) is 9.97 Å². The van der Waals surface area contributed by atoms with Crippen molar-refractivity contribution in [3.63, 3.8) is 0 Å². The van der Waals surface area contributed by atoms with Gasteiger partial charge in [-0.25, -0.2) is 13.8 Å². The summed E-state index contributed by atoms with van der Waals surface area (Å²) in [4.78, 5) is 22.1. The van der Waals surface area contributed by atoms with Gasteiger partial charge in [-0.3, -0.25) is 14.7 Å². The SMILES string of the molecule is O=C(c1ccnc(Cl)c1)N(Cc1ccccn1)c1ccc(F)cc1F. The van der Waals surface area contributed by atoms with E-state index in [-0.39, 0.29) is 22.9 Å². The minimum atomic E-state index is -0.843. The maximum atomic E-state index is 14.3. The van der Waals surface area contributed by atoms with Crippen LogP contribution in [0.15, 0.2) is 60.9 Å². The van der Waals surface area contributed by atoms with Crippen LogP contribution in [0.3, 0.4) is 0 Å². The normalized spacial score (nSPS) is 10.5. The van der Waals surface area contributed by atoms with E-state index >= 15 is 0 Å². The highest BCUT2D eigenvalue weighted by molar-refractivity contribution is 6.29. The summed E-state index contributed by atoms with van der Waals surface area (Å²) in [6.07, 6.45) is 2.96. The van der Waals surface area contributed by atoms with Gasteiger partial charge < -0.3 is 0 Å². The molecule has 0 fully saturated rings. The van der Waals surface area contributed by atoms with Crippen molar-refractivity contribution < 1.29 is 13.6 Å². The second-order valence-electron chi connectivity index (χ2n) is 5.18. The maximum absolute atomic E-state index is 14.3. The molecule has 0 atom stereocenters. The number of carbonyl (C=O) groups is 1. The number of carbonyl (C=O) groups excluding carboxylic acids is 1. The fourth-order valence-corrected chi connectivity index (χ4v) is 2.49. The standard InChI is InChI=1S/C18H12ClF2N3O/c19-17-9-12(6-8-23-17)18(25)24(11-14-3-1-2-7-22-14)16-5-4-13(20)10-15(16)21/h1-10H,11H2. The first-order valence-corrected chi connectivity index (χ1v) is 7.71. The van der Waals surface area contributed by atoms with E-state index in [1.54, 1.807) is 24.4 Å². The summed E-state index contributed by atoms with van der Waals surface area (Å²) in [5, 5.41) is 0.142. The van der Waals surface area contributed by atoms with Crippen LogP contribution in [-0.2, 0) is 6.54 Å². The average Bonchev–Trinajstić information content (AvgIpc) is 2.60. The quantitative estimate of drug-likeness (QED) is 0.654. The number of hydrogen-bond acceptors (Lipinski definition) is 3. The molecule has 0 N–H and O–H groups in total. The molecular weight excluding hydrogens is 348 g/mol. The molecule has 1 amide bonds. The molecule has 126 valence electrons.